The lowest BCUT2D eigenvalue weighted by Gasteiger charge is -2.02. The van der Waals surface area contributed by atoms with Crippen molar-refractivity contribution in [1.82, 2.24) is 4.40 Å². The van der Waals surface area contributed by atoms with Crippen LogP contribution in [0.2, 0.25) is 0 Å². The summed E-state index contributed by atoms with van der Waals surface area (Å²) in [5, 5.41) is 21.1. The number of fused-ring (bicyclic) bond motifs is 1. The van der Waals surface area contributed by atoms with E-state index in [1.54, 1.807) is 12.1 Å². The first kappa shape index (κ1) is 13.4. The minimum Gasteiger partial charge on any atom is -0.323 e. The fourth-order valence-corrected chi connectivity index (χ4v) is 2.18. The molecular formula is C17H11N5. The molecule has 0 unspecified atom stereocenters. The number of benzene rings is 1. The van der Waals surface area contributed by atoms with E-state index in [9.17, 15) is 0 Å². The second-order valence-electron chi connectivity index (χ2n) is 4.64. The predicted octanol–water partition coefficient (Wildman–Crippen LogP) is 3.42. The molecule has 0 radical (unpaired) electrons. The van der Waals surface area contributed by atoms with Gasteiger partial charge in [0.1, 0.15) is 12.1 Å². The van der Waals surface area contributed by atoms with Crippen LogP contribution in [0.15, 0.2) is 66.0 Å². The molecule has 0 fully saturated rings. The quantitative estimate of drug-likeness (QED) is 0.591. The van der Waals surface area contributed by atoms with Crippen molar-refractivity contribution < 1.29 is 0 Å². The molecule has 2 heterocycles. The fraction of sp³-hybridized carbons (Fsp3) is 0. The lowest BCUT2D eigenvalue weighted by atomic mass is 10.1. The number of nitrogens with one attached hydrogen (secondary N) is 1. The third kappa shape index (κ3) is 2.65. The highest BCUT2D eigenvalue weighted by Gasteiger charge is 2.03. The van der Waals surface area contributed by atoms with Crippen molar-refractivity contribution in [3.8, 4) is 23.3 Å². The van der Waals surface area contributed by atoms with E-state index < -0.39 is 0 Å². The Labute approximate surface area is 127 Å². The summed E-state index contributed by atoms with van der Waals surface area (Å²) in [7, 11) is 0. The van der Waals surface area contributed by atoms with Crippen LogP contribution in [0.5, 0.6) is 0 Å². The molecule has 5 heteroatoms. The van der Waals surface area contributed by atoms with E-state index in [0.717, 1.165) is 22.3 Å². The summed E-state index contributed by atoms with van der Waals surface area (Å²) in [5.74, 6) is 0. The molecule has 0 saturated heterocycles. The summed E-state index contributed by atoms with van der Waals surface area (Å²) in [6.45, 7) is 0. The number of hydrazone groups is 1. The first-order chi connectivity index (χ1) is 10.8. The zero-order valence-electron chi connectivity index (χ0n) is 11.6. The molecule has 0 spiro atoms. The van der Waals surface area contributed by atoms with E-state index in [1.165, 1.54) is 0 Å². The van der Waals surface area contributed by atoms with Gasteiger partial charge in [-0.05, 0) is 35.9 Å². The largest absolute Gasteiger partial charge is 0.323 e. The highest BCUT2D eigenvalue weighted by atomic mass is 15.3. The van der Waals surface area contributed by atoms with Crippen LogP contribution in [-0.2, 0) is 0 Å². The van der Waals surface area contributed by atoms with Crippen LogP contribution in [0.25, 0.3) is 16.6 Å². The van der Waals surface area contributed by atoms with Crippen molar-refractivity contribution in [1.29, 1.82) is 10.5 Å². The molecule has 1 aromatic carbocycles. The Morgan fingerprint density at radius 2 is 1.86 bits per heavy atom. The van der Waals surface area contributed by atoms with Gasteiger partial charge in [-0.2, -0.15) is 15.6 Å². The van der Waals surface area contributed by atoms with E-state index in [0.29, 0.717) is 0 Å². The lowest BCUT2D eigenvalue weighted by Crippen LogP contribution is -1.96. The maximum absolute atomic E-state index is 8.67. The number of nitrogens with zero attached hydrogens (tertiary/aromatic N) is 4. The van der Waals surface area contributed by atoms with Gasteiger partial charge >= 0.3 is 0 Å². The summed E-state index contributed by atoms with van der Waals surface area (Å²) >= 11 is 0. The summed E-state index contributed by atoms with van der Waals surface area (Å²) < 4.78 is 2.05. The lowest BCUT2D eigenvalue weighted by molar-refractivity contribution is 1.20. The van der Waals surface area contributed by atoms with Crippen molar-refractivity contribution >= 4 is 16.9 Å². The smallest absolute Gasteiger partial charge is 0.237 e. The molecule has 0 amide bonds. The van der Waals surface area contributed by atoms with Gasteiger partial charge in [-0.15, -0.1) is 0 Å². The van der Waals surface area contributed by atoms with E-state index in [4.69, 9.17) is 10.5 Å². The molecule has 0 atom stereocenters. The average molecular weight is 285 g/mol. The van der Waals surface area contributed by atoms with Crippen molar-refractivity contribution in [2.45, 2.75) is 0 Å². The Morgan fingerprint density at radius 3 is 2.64 bits per heavy atom. The Hall–Kier alpha value is -3.57. The van der Waals surface area contributed by atoms with Crippen LogP contribution in [0, 0.1) is 22.7 Å². The zero-order chi connectivity index (χ0) is 15.4. The number of pyridine rings is 1. The number of rotatable bonds is 3. The van der Waals surface area contributed by atoms with E-state index in [1.807, 2.05) is 54.9 Å². The molecular weight excluding hydrogens is 274 g/mol. The standard InChI is InChI=1S/C17H11N5/c18-10-16(11-19)21-20-15-5-3-4-13(8-15)14-9-17-6-1-2-7-22(17)12-14/h1-9,12,20H. The Bertz CT molecular complexity index is 888. The van der Waals surface area contributed by atoms with Crippen LogP contribution in [0.1, 0.15) is 0 Å². The highest BCUT2D eigenvalue weighted by molar-refractivity contribution is 6.10. The fourth-order valence-electron chi connectivity index (χ4n) is 2.18. The third-order valence-corrected chi connectivity index (χ3v) is 3.21. The second kappa shape index (κ2) is 5.82. The van der Waals surface area contributed by atoms with Gasteiger partial charge in [0.2, 0.25) is 5.71 Å². The minimum atomic E-state index is -0.208. The molecule has 0 saturated carbocycles. The summed E-state index contributed by atoms with van der Waals surface area (Å²) in [6.07, 6.45) is 4.05. The number of hydrogen-bond acceptors (Lipinski definition) is 4. The van der Waals surface area contributed by atoms with Crippen molar-refractivity contribution in [2.24, 2.45) is 5.10 Å². The molecule has 0 aliphatic rings. The van der Waals surface area contributed by atoms with Gasteiger partial charge in [0.25, 0.3) is 0 Å². The molecule has 3 aromatic rings. The topological polar surface area (TPSA) is 76.4 Å². The van der Waals surface area contributed by atoms with Crippen LogP contribution in [0.3, 0.4) is 0 Å². The van der Waals surface area contributed by atoms with Gasteiger partial charge in [-0.3, -0.25) is 5.43 Å². The Balaban J connectivity index is 1.93. The van der Waals surface area contributed by atoms with Gasteiger partial charge in [0.05, 0.1) is 5.69 Å². The molecule has 0 bridgehead atoms. The summed E-state index contributed by atoms with van der Waals surface area (Å²) in [4.78, 5) is 0. The Kier molecular flexibility index (Phi) is 3.55. The highest BCUT2D eigenvalue weighted by Crippen LogP contribution is 2.25. The van der Waals surface area contributed by atoms with E-state index >= 15 is 0 Å². The minimum absolute atomic E-state index is 0.208. The molecule has 2 aromatic heterocycles. The van der Waals surface area contributed by atoms with Crippen LogP contribution in [-0.4, -0.2) is 10.1 Å². The number of nitriles is 2. The van der Waals surface area contributed by atoms with Crippen molar-refractivity contribution in [2.75, 3.05) is 5.43 Å². The maximum Gasteiger partial charge on any atom is 0.237 e. The van der Waals surface area contributed by atoms with Crippen molar-refractivity contribution in [3.05, 3.63) is 60.9 Å². The molecule has 5 nitrogen and oxygen atoms in total. The number of aromatic nitrogens is 1. The normalized spacial score (nSPS) is 9.73. The van der Waals surface area contributed by atoms with Gasteiger partial charge in [0, 0.05) is 23.5 Å². The first-order valence-corrected chi connectivity index (χ1v) is 6.61. The molecule has 104 valence electrons. The van der Waals surface area contributed by atoms with Gasteiger partial charge < -0.3 is 4.40 Å². The van der Waals surface area contributed by atoms with Crippen molar-refractivity contribution in [3.63, 3.8) is 0 Å². The zero-order valence-corrected chi connectivity index (χ0v) is 11.6. The van der Waals surface area contributed by atoms with Crippen LogP contribution in [0.4, 0.5) is 5.69 Å². The van der Waals surface area contributed by atoms with Crippen LogP contribution >= 0.6 is 0 Å². The summed E-state index contributed by atoms with van der Waals surface area (Å²) in [5.41, 5.74) is 6.46. The SMILES string of the molecule is N#CC(C#N)=NNc1cccc(-c2cc3ccccn3c2)c1. The van der Waals surface area contributed by atoms with Crippen LogP contribution < -0.4 is 5.43 Å². The van der Waals surface area contributed by atoms with Gasteiger partial charge in [-0.25, -0.2) is 0 Å². The van der Waals surface area contributed by atoms with Gasteiger partial charge in [-0.1, -0.05) is 18.2 Å². The molecule has 22 heavy (non-hydrogen) atoms. The van der Waals surface area contributed by atoms with E-state index in [2.05, 4.69) is 21.0 Å². The third-order valence-electron chi connectivity index (χ3n) is 3.21. The maximum atomic E-state index is 8.67. The van der Waals surface area contributed by atoms with Gasteiger partial charge in [0.15, 0.2) is 0 Å². The monoisotopic (exact) mass is 285 g/mol. The molecule has 3 rings (SSSR count). The summed E-state index contributed by atoms with van der Waals surface area (Å²) in [6, 6.07) is 19.2. The van der Waals surface area contributed by atoms with E-state index in [-0.39, 0.29) is 5.71 Å². The predicted molar refractivity (Wildman–Crippen MR) is 85.1 cm³/mol. The molecule has 0 aliphatic heterocycles. The second-order valence-corrected chi connectivity index (χ2v) is 4.64. The Morgan fingerprint density at radius 1 is 1.00 bits per heavy atom. The number of anilines is 1. The molecule has 1 N–H and O–H groups in total. The first-order valence-electron chi connectivity index (χ1n) is 6.61. The number of hydrogen-bond donors (Lipinski definition) is 1. The molecule has 0 aliphatic carbocycles. The average Bonchev–Trinajstić information content (AvgIpc) is 3.00.